The SMILES string of the molecule is CC(C)C1CCCN1CC(O)COc1ccccc1CN. The molecule has 4 heteroatoms. The van der Waals surface area contributed by atoms with Gasteiger partial charge in [-0.15, -0.1) is 0 Å². The third-order valence-electron chi connectivity index (χ3n) is 4.25. The van der Waals surface area contributed by atoms with Crippen LogP contribution in [-0.4, -0.2) is 41.8 Å². The smallest absolute Gasteiger partial charge is 0.123 e. The number of benzene rings is 1. The second-order valence-electron chi connectivity index (χ2n) is 6.23. The highest BCUT2D eigenvalue weighted by Gasteiger charge is 2.28. The molecule has 0 bridgehead atoms. The van der Waals surface area contributed by atoms with E-state index >= 15 is 0 Å². The molecule has 118 valence electrons. The third-order valence-corrected chi connectivity index (χ3v) is 4.25. The Bertz CT molecular complexity index is 437. The largest absolute Gasteiger partial charge is 0.491 e. The first-order valence-electron chi connectivity index (χ1n) is 7.94. The van der Waals surface area contributed by atoms with Crippen LogP contribution in [0.15, 0.2) is 24.3 Å². The van der Waals surface area contributed by atoms with Gasteiger partial charge in [-0.2, -0.15) is 0 Å². The Labute approximate surface area is 127 Å². The maximum absolute atomic E-state index is 10.2. The topological polar surface area (TPSA) is 58.7 Å². The Morgan fingerprint density at radius 1 is 1.38 bits per heavy atom. The molecule has 1 aliphatic rings. The molecular formula is C17H28N2O2. The predicted octanol–water partition coefficient (Wildman–Crippen LogP) is 2.01. The summed E-state index contributed by atoms with van der Waals surface area (Å²) in [6.45, 7) is 7.05. The van der Waals surface area contributed by atoms with Gasteiger partial charge in [0.15, 0.2) is 0 Å². The van der Waals surface area contributed by atoms with Crippen molar-refractivity contribution in [2.45, 2.75) is 45.4 Å². The summed E-state index contributed by atoms with van der Waals surface area (Å²) in [4.78, 5) is 2.40. The predicted molar refractivity (Wildman–Crippen MR) is 85.3 cm³/mol. The van der Waals surface area contributed by atoms with Gasteiger partial charge in [0, 0.05) is 24.7 Å². The molecule has 1 saturated heterocycles. The number of para-hydroxylation sites is 1. The number of hydrogen-bond acceptors (Lipinski definition) is 4. The van der Waals surface area contributed by atoms with Gasteiger partial charge in [-0.3, -0.25) is 4.90 Å². The van der Waals surface area contributed by atoms with E-state index in [1.807, 2.05) is 24.3 Å². The van der Waals surface area contributed by atoms with Gasteiger partial charge in [0.2, 0.25) is 0 Å². The molecule has 21 heavy (non-hydrogen) atoms. The van der Waals surface area contributed by atoms with E-state index in [0.717, 1.165) is 17.9 Å². The van der Waals surface area contributed by atoms with Crippen molar-refractivity contribution in [3.63, 3.8) is 0 Å². The van der Waals surface area contributed by atoms with Crippen LogP contribution in [0.2, 0.25) is 0 Å². The normalized spacial score (nSPS) is 20.9. The lowest BCUT2D eigenvalue weighted by Crippen LogP contribution is -2.40. The molecule has 2 unspecified atom stereocenters. The number of β-amino-alcohol motifs (C(OH)–C–C–N with tert-alkyl or cyclic N) is 1. The number of hydrogen-bond donors (Lipinski definition) is 2. The summed E-state index contributed by atoms with van der Waals surface area (Å²) in [5.74, 6) is 1.42. The average molecular weight is 292 g/mol. The van der Waals surface area contributed by atoms with Gasteiger partial charge in [-0.05, 0) is 31.4 Å². The Morgan fingerprint density at radius 2 is 2.14 bits per heavy atom. The minimum Gasteiger partial charge on any atom is -0.491 e. The summed E-state index contributed by atoms with van der Waals surface area (Å²) < 4.78 is 5.74. The molecule has 0 amide bonds. The highest BCUT2D eigenvalue weighted by Crippen LogP contribution is 2.24. The zero-order valence-electron chi connectivity index (χ0n) is 13.2. The molecule has 2 atom stereocenters. The summed E-state index contributed by atoms with van der Waals surface area (Å²) >= 11 is 0. The number of nitrogens with two attached hydrogens (primary N) is 1. The van der Waals surface area contributed by atoms with E-state index in [0.29, 0.717) is 31.7 Å². The van der Waals surface area contributed by atoms with E-state index in [9.17, 15) is 5.11 Å². The van der Waals surface area contributed by atoms with Crippen molar-refractivity contribution in [1.82, 2.24) is 4.90 Å². The first-order valence-corrected chi connectivity index (χ1v) is 7.94. The van der Waals surface area contributed by atoms with E-state index in [1.54, 1.807) is 0 Å². The number of likely N-dealkylation sites (tertiary alicyclic amines) is 1. The summed E-state index contributed by atoms with van der Waals surface area (Å²) in [5.41, 5.74) is 6.67. The van der Waals surface area contributed by atoms with E-state index in [-0.39, 0.29) is 0 Å². The van der Waals surface area contributed by atoms with Crippen LogP contribution in [0.1, 0.15) is 32.3 Å². The van der Waals surface area contributed by atoms with Gasteiger partial charge in [-0.1, -0.05) is 32.0 Å². The van der Waals surface area contributed by atoms with Gasteiger partial charge in [0.25, 0.3) is 0 Å². The van der Waals surface area contributed by atoms with Crippen molar-refractivity contribution in [1.29, 1.82) is 0 Å². The van der Waals surface area contributed by atoms with Crippen LogP contribution in [0.4, 0.5) is 0 Å². The fraction of sp³-hybridized carbons (Fsp3) is 0.647. The molecule has 0 aromatic heterocycles. The second-order valence-corrected chi connectivity index (χ2v) is 6.23. The van der Waals surface area contributed by atoms with Gasteiger partial charge in [0.05, 0.1) is 0 Å². The quantitative estimate of drug-likeness (QED) is 0.807. The van der Waals surface area contributed by atoms with Crippen LogP contribution in [0.25, 0.3) is 0 Å². The zero-order chi connectivity index (χ0) is 15.2. The Kier molecular flexibility index (Phi) is 6.03. The molecule has 4 nitrogen and oxygen atoms in total. The van der Waals surface area contributed by atoms with Crippen molar-refractivity contribution < 1.29 is 9.84 Å². The van der Waals surface area contributed by atoms with Crippen LogP contribution in [-0.2, 0) is 6.54 Å². The molecule has 1 aromatic rings. The number of rotatable bonds is 7. The maximum atomic E-state index is 10.2. The van der Waals surface area contributed by atoms with E-state index < -0.39 is 6.10 Å². The van der Waals surface area contributed by atoms with Crippen LogP contribution < -0.4 is 10.5 Å². The molecule has 0 saturated carbocycles. The first kappa shape index (κ1) is 16.3. The Balaban J connectivity index is 1.83. The minimum atomic E-state index is -0.463. The molecule has 0 aliphatic carbocycles. The average Bonchev–Trinajstić information content (AvgIpc) is 2.93. The summed E-state index contributed by atoms with van der Waals surface area (Å²) in [6.07, 6.45) is 2.00. The van der Waals surface area contributed by atoms with Crippen molar-refractivity contribution >= 4 is 0 Å². The molecule has 0 radical (unpaired) electrons. The minimum absolute atomic E-state index is 0.318. The monoisotopic (exact) mass is 292 g/mol. The molecule has 0 spiro atoms. The molecule has 1 aromatic carbocycles. The van der Waals surface area contributed by atoms with Crippen molar-refractivity contribution in [3.8, 4) is 5.75 Å². The zero-order valence-corrected chi connectivity index (χ0v) is 13.2. The van der Waals surface area contributed by atoms with Crippen molar-refractivity contribution in [2.24, 2.45) is 11.7 Å². The lowest BCUT2D eigenvalue weighted by atomic mass is 10.0. The van der Waals surface area contributed by atoms with Crippen LogP contribution >= 0.6 is 0 Å². The fourth-order valence-electron chi connectivity index (χ4n) is 3.16. The highest BCUT2D eigenvalue weighted by molar-refractivity contribution is 5.32. The molecule has 2 rings (SSSR count). The number of ether oxygens (including phenoxy) is 1. The van der Waals surface area contributed by atoms with E-state index in [1.165, 1.54) is 12.8 Å². The van der Waals surface area contributed by atoms with Crippen molar-refractivity contribution in [2.75, 3.05) is 19.7 Å². The van der Waals surface area contributed by atoms with Gasteiger partial charge in [-0.25, -0.2) is 0 Å². The first-order chi connectivity index (χ1) is 10.1. The third kappa shape index (κ3) is 4.43. The van der Waals surface area contributed by atoms with Gasteiger partial charge >= 0.3 is 0 Å². The summed E-state index contributed by atoms with van der Waals surface area (Å²) in [5, 5.41) is 10.2. The Hall–Kier alpha value is -1.10. The summed E-state index contributed by atoms with van der Waals surface area (Å²) in [7, 11) is 0. The number of nitrogens with zero attached hydrogens (tertiary/aromatic N) is 1. The standard InChI is InChI=1S/C17H28N2O2/c1-13(2)16-7-5-9-19(16)11-15(20)12-21-17-8-4-3-6-14(17)10-18/h3-4,6,8,13,15-16,20H,5,7,9-12,18H2,1-2H3. The van der Waals surface area contributed by atoms with Gasteiger partial charge < -0.3 is 15.6 Å². The van der Waals surface area contributed by atoms with Crippen LogP contribution in [0.5, 0.6) is 5.75 Å². The molecule has 1 heterocycles. The molecular weight excluding hydrogens is 264 g/mol. The lowest BCUT2D eigenvalue weighted by Gasteiger charge is -2.29. The Morgan fingerprint density at radius 3 is 2.86 bits per heavy atom. The fourth-order valence-corrected chi connectivity index (χ4v) is 3.16. The van der Waals surface area contributed by atoms with E-state index in [2.05, 4.69) is 18.7 Å². The van der Waals surface area contributed by atoms with Gasteiger partial charge in [0.1, 0.15) is 18.5 Å². The second kappa shape index (κ2) is 7.78. The number of aliphatic hydroxyl groups is 1. The molecule has 1 aliphatic heterocycles. The van der Waals surface area contributed by atoms with Crippen LogP contribution in [0.3, 0.4) is 0 Å². The van der Waals surface area contributed by atoms with E-state index in [4.69, 9.17) is 10.5 Å². The summed E-state index contributed by atoms with van der Waals surface area (Å²) in [6, 6.07) is 8.33. The maximum Gasteiger partial charge on any atom is 0.123 e. The highest BCUT2D eigenvalue weighted by atomic mass is 16.5. The number of aliphatic hydroxyl groups excluding tert-OH is 1. The lowest BCUT2D eigenvalue weighted by molar-refractivity contribution is 0.0568. The molecule has 3 N–H and O–H groups in total. The van der Waals surface area contributed by atoms with Crippen LogP contribution in [0, 0.1) is 5.92 Å². The van der Waals surface area contributed by atoms with Crippen molar-refractivity contribution in [3.05, 3.63) is 29.8 Å². The molecule has 1 fully saturated rings.